The maximum absolute atomic E-state index is 13.0. The molecule has 0 fully saturated rings. The molecule has 8 nitrogen and oxygen atoms in total. The van der Waals surface area contributed by atoms with Crippen LogP contribution in [-0.4, -0.2) is 36.4 Å². The van der Waals surface area contributed by atoms with Crippen LogP contribution in [0.2, 0.25) is 0 Å². The van der Waals surface area contributed by atoms with Crippen LogP contribution in [0.15, 0.2) is 59.1 Å². The summed E-state index contributed by atoms with van der Waals surface area (Å²) in [5.41, 5.74) is 8.16. The summed E-state index contributed by atoms with van der Waals surface area (Å²) in [4.78, 5) is 43.3. The molecule has 3 N–H and O–H groups in total. The number of esters is 1. The summed E-state index contributed by atoms with van der Waals surface area (Å²) in [6.45, 7) is 1.44. The summed E-state index contributed by atoms with van der Waals surface area (Å²) in [7, 11) is 1.44. The number of carbonyl (C=O) groups is 3. The molecule has 0 atom stereocenters. The number of benzene rings is 2. The summed E-state index contributed by atoms with van der Waals surface area (Å²) < 4.78 is 11.3. The van der Waals surface area contributed by atoms with Gasteiger partial charge in [0, 0.05) is 21.1 Å². The van der Waals surface area contributed by atoms with Crippen LogP contribution >= 0.6 is 27.3 Å². The van der Waals surface area contributed by atoms with Crippen LogP contribution in [-0.2, 0) is 4.74 Å². The number of nitrogens with one attached hydrogen (secondary N) is 1. The van der Waals surface area contributed by atoms with Gasteiger partial charge in [-0.3, -0.25) is 9.59 Å². The highest BCUT2D eigenvalue weighted by atomic mass is 79.9. The second-order valence-corrected chi connectivity index (χ2v) is 9.44. The Morgan fingerprint density at radius 2 is 1.77 bits per heavy atom. The first kappa shape index (κ1) is 24.4. The Kier molecular flexibility index (Phi) is 7.13. The number of aryl methyl sites for hydroxylation is 1. The lowest BCUT2D eigenvalue weighted by molar-refractivity contribution is 0.0474. The first-order valence-corrected chi connectivity index (χ1v) is 12.0. The largest absolute Gasteiger partial charge is 0.495 e. The number of nitrogen functional groups attached to an aromatic ring is 1. The van der Waals surface area contributed by atoms with Crippen LogP contribution in [0.4, 0.5) is 11.4 Å². The van der Waals surface area contributed by atoms with Gasteiger partial charge in [0.1, 0.15) is 15.5 Å². The molecule has 10 heteroatoms. The zero-order valence-corrected chi connectivity index (χ0v) is 21.2. The lowest BCUT2D eigenvalue weighted by Crippen LogP contribution is -2.16. The van der Waals surface area contributed by atoms with Crippen LogP contribution in [0.25, 0.3) is 10.2 Å². The monoisotopic (exact) mass is 553 g/mol. The maximum atomic E-state index is 13.0. The SMILES string of the molecule is COc1ccc(C(=O)OCC(=O)c2ccc(Br)cc2)cc1NC(=O)c1sc2nc(C)ccc2c1N. The number of nitrogens with two attached hydrogens (primary N) is 1. The van der Waals surface area contributed by atoms with Gasteiger partial charge in [-0.05, 0) is 49.4 Å². The van der Waals surface area contributed by atoms with E-state index < -0.39 is 18.5 Å². The molecule has 4 aromatic rings. The van der Waals surface area contributed by atoms with Crippen molar-refractivity contribution in [1.29, 1.82) is 0 Å². The van der Waals surface area contributed by atoms with Crippen molar-refractivity contribution < 1.29 is 23.9 Å². The number of fused-ring (bicyclic) bond motifs is 1. The Morgan fingerprint density at radius 3 is 2.49 bits per heavy atom. The van der Waals surface area contributed by atoms with E-state index in [0.29, 0.717) is 32.1 Å². The summed E-state index contributed by atoms with van der Waals surface area (Å²) >= 11 is 4.49. The Hall–Kier alpha value is -3.76. The highest BCUT2D eigenvalue weighted by Gasteiger charge is 2.20. The third-order valence-corrected chi connectivity index (χ3v) is 6.77. The van der Waals surface area contributed by atoms with Crippen LogP contribution in [0.1, 0.15) is 36.1 Å². The summed E-state index contributed by atoms with van der Waals surface area (Å²) in [6.07, 6.45) is 0. The minimum atomic E-state index is -0.713. The normalized spacial score (nSPS) is 10.7. The quantitative estimate of drug-likeness (QED) is 0.237. The number of methoxy groups -OCH3 is 1. The van der Waals surface area contributed by atoms with E-state index in [-0.39, 0.29) is 17.0 Å². The molecule has 2 heterocycles. The van der Waals surface area contributed by atoms with Gasteiger partial charge in [0.15, 0.2) is 12.4 Å². The number of hydrogen-bond acceptors (Lipinski definition) is 8. The maximum Gasteiger partial charge on any atom is 0.338 e. The van der Waals surface area contributed by atoms with Crippen LogP contribution in [0, 0.1) is 6.92 Å². The predicted molar refractivity (Wildman–Crippen MR) is 138 cm³/mol. The average Bonchev–Trinajstić information content (AvgIpc) is 3.18. The van der Waals surface area contributed by atoms with Crippen molar-refractivity contribution in [3.63, 3.8) is 0 Å². The highest BCUT2D eigenvalue weighted by molar-refractivity contribution is 9.10. The first-order chi connectivity index (χ1) is 16.8. The van der Waals surface area contributed by atoms with Gasteiger partial charge < -0.3 is 20.5 Å². The minimum absolute atomic E-state index is 0.145. The van der Waals surface area contributed by atoms with Gasteiger partial charge in [-0.15, -0.1) is 11.3 Å². The molecule has 0 unspecified atom stereocenters. The van der Waals surface area contributed by atoms with Crippen molar-refractivity contribution in [3.8, 4) is 5.75 Å². The standard InChI is InChI=1S/C25H20BrN3O5S/c1-13-3-9-17-21(27)22(35-24(17)28-13)23(31)29-18-11-15(6-10-20(18)33-2)25(32)34-12-19(30)14-4-7-16(26)8-5-14/h3-11H,12,27H2,1-2H3,(H,29,31). The fraction of sp³-hybridized carbons (Fsp3) is 0.120. The van der Waals surface area contributed by atoms with E-state index in [2.05, 4.69) is 26.2 Å². The molecule has 0 radical (unpaired) electrons. The predicted octanol–water partition coefficient (Wildman–Crippen LogP) is 5.25. The van der Waals surface area contributed by atoms with E-state index >= 15 is 0 Å². The number of thiophene rings is 1. The molecule has 1 amide bonds. The first-order valence-electron chi connectivity index (χ1n) is 10.4. The topological polar surface area (TPSA) is 121 Å². The van der Waals surface area contributed by atoms with Gasteiger partial charge in [-0.25, -0.2) is 9.78 Å². The van der Waals surface area contributed by atoms with Crippen LogP contribution < -0.4 is 15.8 Å². The van der Waals surface area contributed by atoms with Crippen molar-refractivity contribution in [2.75, 3.05) is 24.8 Å². The molecular formula is C25H20BrN3O5S. The lowest BCUT2D eigenvalue weighted by atomic mass is 10.1. The lowest BCUT2D eigenvalue weighted by Gasteiger charge is -2.12. The number of amides is 1. The van der Waals surface area contributed by atoms with Gasteiger partial charge in [-0.1, -0.05) is 28.1 Å². The Balaban J connectivity index is 1.51. The van der Waals surface area contributed by atoms with Crippen LogP contribution in [0.5, 0.6) is 5.75 Å². The summed E-state index contributed by atoms with van der Waals surface area (Å²) in [5.74, 6) is -1.17. The number of nitrogens with zero attached hydrogens (tertiary/aromatic N) is 1. The number of rotatable bonds is 7. The molecular weight excluding hydrogens is 534 g/mol. The third kappa shape index (κ3) is 5.33. The number of halogens is 1. The van der Waals surface area contributed by atoms with E-state index in [1.54, 1.807) is 24.3 Å². The van der Waals surface area contributed by atoms with E-state index in [4.69, 9.17) is 15.2 Å². The molecule has 4 rings (SSSR count). The fourth-order valence-corrected chi connectivity index (χ4v) is 4.60. The number of Topliss-reactive ketones (excluding diaryl/α,β-unsaturated/α-hetero) is 1. The number of anilines is 2. The van der Waals surface area contributed by atoms with Gasteiger partial charge >= 0.3 is 5.97 Å². The molecule has 2 aromatic heterocycles. The third-order valence-electron chi connectivity index (χ3n) is 5.12. The molecule has 0 aliphatic carbocycles. The summed E-state index contributed by atoms with van der Waals surface area (Å²) in [5, 5.41) is 3.44. The van der Waals surface area contributed by atoms with Crippen molar-refractivity contribution in [2.45, 2.75) is 6.92 Å². The minimum Gasteiger partial charge on any atom is -0.495 e. The Morgan fingerprint density at radius 1 is 1.06 bits per heavy atom. The highest BCUT2D eigenvalue weighted by Crippen LogP contribution is 2.34. The number of aromatic nitrogens is 1. The van der Waals surface area contributed by atoms with E-state index in [9.17, 15) is 14.4 Å². The van der Waals surface area contributed by atoms with Gasteiger partial charge in [0.2, 0.25) is 0 Å². The molecule has 178 valence electrons. The molecule has 0 aliphatic heterocycles. The van der Waals surface area contributed by atoms with Gasteiger partial charge in [-0.2, -0.15) is 0 Å². The van der Waals surface area contributed by atoms with Crippen molar-refractivity contribution in [2.24, 2.45) is 0 Å². The smallest absolute Gasteiger partial charge is 0.338 e. The molecule has 35 heavy (non-hydrogen) atoms. The number of carbonyl (C=O) groups excluding carboxylic acids is 3. The number of pyridine rings is 1. The second-order valence-electron chi connectivity index (χ2n) is 7.53. The average molecular weight is 554 g/mol. The number of hydrogen-bond donors (Lipinski definition) is 2. The number of ketones is 1. The zero-order valence-electron chi connectivity index (χ0n) is 18.8. The number of ether oxygens (including phenoxy) is 2. The Bertz CT molecular complexity index is 1450. The second kappa shape index (κ2) is 10.2. The van der Waals surface area contributed by atoms with Gasteiger partial charge in [0.05, 0.1) is 24.0 Å². The summed E-state index contributed by atoms with van der Waals surface area (Å²) in [6, 6.07) is 14.8. The van der Waals surface area contributed by atoms with E-state index in [1.165, 1.54) is 36.6 Å². The molecule has 2 aromatic carbocycles. The van der Waals surface area contributed by atoms with E-state index in [1.807, 2.05) is 19.1 Å². The molecule has 0 bridgehead atoms. The molecule has 0 spiro atoms. The molecule has 0 saturated carbocycles. The van der Waals surface area contributed by atoms with Crippen molar-refractivity contribution in [1.82, 2.24) is 4.98 Å². The molecule has 0 saturated heterocycles. The zero-order chi connectivity index (χ0) is 25.1. The van der Waals surface area contributed by atoms with E-state index in [0.717, 1.165) is 10.2 Å². The van der Waals surface area contributed by atoms with Crippen molar-refractivity contribution in [3.05, 3.63) is 80.8 Å². The van der Waals surface area contributed by atoms with Crippen molar-refractivity contribution >= 4 is 66.5 Å². The fourth-order valence-electron chi connectivity index (χ4n) is 3.30. The van der Waals surface area contributed by atoms with Gasteiger partial charge in [0.25, 0.3) is 5.91 Å². The molecule has 0 aliphatic rings. The van der Waals surface area contributed by atoms with Crippen LogP contribution in [0.3, 0.4) is 0 Å². The Labute approximate surface area is 213 Å².